The number of carbonyl (C=O) groups excluding carboxylic acids is 2. The fourth-order valence-electron chi connectivity index (χ4n) is 2.42. The predicted molar refractivity (Wildman–Crippen MR) is 95.5 cm³/mol. The zero-order valence-electron chi connectivity index (χ0n) is 13.5. The monoisotopic (exact) mass is 402 g/mol. The first-order valence-electron chi connectivity index (χ1n) is 7.38. The van der Waals surface area contributed by atoms with Gasteiger partial charge in [0.25, 0.3) is 11.8 Å². The summed E-state index contributed by atoms with van der Waals surface area (Å²) in [5.74, 6) is -1.62. The minimum absolute atomic E-state index is 0.0261. The summed E-state index contributed by atoms with van der Waals surface area (Å²) in [5.41, 5.74) is 5.47. The molecule has 0 bridgehead atoms. The highest BCUT2D eigenvalue weighted by Crippen LogP contribution is 2.18. The molecule has 1 heterocycles. The molecule has 1 saturated heterocycles. The SMILES string of the molecule is NS/C=C(\N)C(=O)N1CCN(C(=O)c2ccc(NS(=O)[O-])c(F)c2)CC1. The predicted octanol–water partition coefficient (Wildman–Crippen LogP) is -0.277. The number of hydrogen-bond acceptors (Lipinski definition) is 7. The van der Waals surface area contributed by atoms with Crippen LogP contribution in [-0.2, 0) is 16.1 Å². The van der Waals surface area contributed by atoms with Gasteiger partial charge < -0.3 is 24.8 Å². The lowest BCUT2D eigenvalue weighted by molar-refractivity contribution is -0.128. The Balaban J connectivity index is 2.00. The molecule has 142 valence electrons. The van der Waals surface area contributed by atoms with Crippen LogP contribution < -0.4 is 15.6 Å². The van der Waals surface area contributed by atoms with E-state index in [1.807, 2.05) is 4.72 Å². The van der Waals surface area contributed by atoms with Crippen LogP contribution in [0, 0.1) is 5.82 Å². The standard InChI is InChI=1S/C14H18FN5O4S2/c15-10-7-9(1-2-12(10)18-26(23)24)13(21)19-3-5-20(6-4-19)14(22)11(16)8-25-17/h1-2,7-8,18H,3-6,16-17H2,(H,23,24)/p-1/b11-8-. The average molecular weight is 402 g/mol. The quantitative estimate of drug-likeness (QED) is 0.349. The molecule has 1 atom stereocenters. The van der Waals surface area contributed by atoms with Crippen molar-refractivity contribution in [2.45, 2.75) is 0 Å². The number of halogens is 1. The van der Waals surface area contributed by atoms with Crippen LogP contribution in [0.3, 0.4) is 0 Å². The van der Waals surface area contributed by atoms with Crippen molar-refractivity contribution in [1.82, 2.24) is 9.80 Å². The second-order valence-electron chi connectivity index (χ2n) is 5.33. The Labute approximate surface area is 156 Å². The van der Waals surface area contributed by atoms with Crippen LogP contribution in [0.15, 0.2) is 29.3 Å². The Bertz CT molecular complexity index is 753. The van der Waals surface area contributed by atoms with Gasteiger partial charge in [-0.2, -0.15) is 0 Å². The van der Waals surface area contributed by atoms with Crippen molar-refractivity contribution in [1.29, 1.82) is 0 Å². The lowest BCUT2D eigenvalue weighted by Crippen LogP contribution is -2.51. The van der Waals surface area contributed by atoms with E-state index >= 15 is 0 Å². The highest BCUT2D eigenvalue weighted by molar-refractivity contribution is 8.00. The maximum absolute atomic E-state index is 13.9. The Morgan fingerprint density at radius 1 is 1.27 bits per heavy atom. The van der Waals surface area contributed by atoms with Crippen molar-refractivity contribution in [2.75, 3.05) is 30.9 Å². The number of benzene rings is 1. The lowest BCUT2D eigenvalue weighted by Gasteiger charge is -2.34. The maximum Gasteiger partial charge on any atom is 0.270 e. The fourth-order valence-corrected chi connectivity index (χ4v) is 3.01. The van der Waals surface area contributed by atoms with Crippen LogP contribution >= 0.6 is 11.9 Å². The molecule has 0 aromatic heterocycles. The van der Waals surface area contributed by atoms with Crippen molar-refractivity contribution < 1.29 is 22.7 Å². The maximum atomic E-state index is 13.9. The van der Waals surface area contributed by atoms with E-state index in [0.717, 1.165) is 18.0 Å². The van der Waals surface area contributed by atoms with Gasteiger partial charge in [0.15, 0.2) is 0 Å². The van der Waals surface area contributed by atoms with Gasteiger partial charge in [-0.25, -0.2) is 4.39 Å². The minimum atomic E-state index is -2.66. The molecular formula is C14H17FN5O4S2-. The van der Waals surface area contributed by atoms with Crippen LogP contribution in [0.5, 0.6) is 0 Å². The van der Waals surface area contributed by atoms with E-state index in [-0.39, 0.29) is 49.0 Å². The zero-order chi connectivity index (χ0) is 19.3. The second kappa shape index (κ2) is 8.98. The van der Waals surface area contributed by atoms with E-state index in [9.17, 15) is 22.7 Å². The van der Waals surface area contributed by atoms with Gasteiger partial charge in [-0.1, -0.05) is 11.9 Å². The first-order chi connectivity index (χ1) is 12.3. The summed E-state index contributed by atoms with van der Waals surface area (Å²) in [4.78, 5) is 27.5. The lowest BCUT2D eigenvalue weighted by atomic mass is 10.1. The number of anilines is 1. The average Bonchev–Trinajstić information content (AvgIpc) is 2.62. The molecule has 1 aromatic rings. The molecule has 1 aliphatic heterocycles. The van der Waals surface area contributed by atoms with Gasteiger partial charge in [0.05, 0.1) is 5.69 Å². The molecule has 0 spiro atoms. The molecule has 5 N–H and O–H groups in total. The van der Waals surface area contributed by atoms with Gasteiger partial charge in [-0.3, -0.25) is 18.9 Å². The summed E-state index contributed by atoms with van der Waals surface area (Å²) in [6.45, 7) is 1.09. The summed E-state index contributed by atoms with van der Waals surface area (Å²) in [6.07, 6.45) is 0. The normalized spacial score (nSPS) is 16.3. The summed E-state index contributed by atoms with van der Waals surface area (Å²) in [6, 6.07) is 3.47. The van der Waals surface area contributed by atoms with Gasteiger partial charge in [0, 0.05) is 48.4 Å². The molecule has 0 radical (unpaired) electrons. The number of carbonyl (C=O) groups is 2. The number of hydrogen-bond donors (Lipinski definition) is 3. The Morgan fingerprint density at radius 2 is 1.88 bits per heavy atom. The van der Waals surface area contributed by atoms with E-state index in [1.54, 1.807) is 0 Å². The third-order valence-corrected chi connectivity index (χ3v) is 4.48. The molecule has 1 unspecified atom stereocenters. The molecule has 0 saturated carbocycles. The van der Waals surface area contributed by atoms with Gasteiger partial charge in [-0.15, -0.1) is 0 Å². The van der Waals surface area contributed by atoms with Gasteiger partial charge >= 0.3 is 0 Å². The highest BCUT2D eigenvalue weighted by Gasteiger charge is 2.26. The van der Waals surface area contributed by atoms with Gasteiger partial charge in [-0.05, 0) is 18.2 Å². The van der Waals surface area contributed by atoms with Crippen molar-refractivity contribution in [3.8, 4) is 0 Å². The van der Waals surface area contributed by atoms with E-state index in [2.05, 4.69) is 0 Å². The van der Waals surface area contributed by atoms with Crippen molar-refractivity contribution in [3.63, 3.8) is 0 Å². The van der Waals surface area contributed by atoms with Crippen molar-refractivity contribution in [2.24, 2.45) is 10.9 Å². The van der Waals surface area contributed by atoms with Crippen molar-refractivity contribution in [3.05, 3.63) is 40.7 Å². The molecule has 2 amide bonds. The van der Waals surface area contributed by atoms with Crippen LogP contribution in [0.4, 0.5) is 10.1 Å². The largest absolute Gasteiger partial charge is 0.755 e. The molecule has 1 aliphatic rings. The van der Waals surface area contributed by atoms with Gasteiger partial charge in [0.2, 0.25) is 0 Å². The van der Waals surface area contributed by atoms with Crippen LogP contribution in [0.2, 0.25) is 0 Å². The number of piperazine rings is 1. The number of nitrogens with one attached hydrogen (secondary N) is 1. The Morgan fingerprint density at radius 3 is 2.42 bits per heavy atom. The summed E-state index contributed by atoms with van der Waals surface area (Å²) in [5, 5.41) is 6.58. The highest BCUT2D eigenvalue weighted by atomic mass is 32.2. The molecule has 9 nitrogen and oxygen atoms in total. The molecule has 1 aromatic carbocycles. The third-order valence-electron chi connectivity index (χ3n) is 3.71. The van der Waals surface area contributed by atoms with E-state index < -0.39 is 23.0 Å². The molecular weight excluding hydrogens is 385 g/mol. The number of nitrogens with zero attached hydrogens (tertiary/aromatic N) is 2. The zero-order valence-corrected chi connectivity index (χ0v) is 15.1. The third kappa shape index (κ3) is 4.94. The molecule has 12 heteroatoms. The van der Waals surface area contributed by atoms with E-state index in [1.165, 1.54) is 27.3 Å². The second-order valence-corrected chi connectivity index (χ2v) is 6.51. The first kappa shape index (κ1) is 20.2. The van der Waals surface area contributed by atoms with E-state index in [4.69, 9.17) is 10.9 Å². The minimum Gasteiger partial charge on any atom is -0.755 e. The topological polar surface area (TPSA) is 145 Å². The molecule has 26 heavy (non-hydrogen) atoms. The molecule has 0 aliphatic carbocycles. The summed E-state index contributed by atoms with van der Waals surface area (Å²) < 4.78 is 36.9. The fraction of sp³-hybridized carbons (Fsp3) is 0.286. The molecule has 2 rings (SSSR count). The number of rotatable bonds is 5. The number of amides is 2. The van der Waals surface area contributed by atoms with Crippen molar-refractivity contribution >= 4 is 40.7 Å². The van der Waals surface area contributed by atoms with Crippen LogP contribution in [0.1, 0.15) is 10.4 Å². The van der Waals surface area contributed by atoms with Crippen LogP contribution in [0.25, 0.3) is 0 Å². The molecule has 1 fully saturated rings. The first-order valence-corrected chi connectivity index (χ1v) is 9.40. The van der Waals surface area contributed by atoms with Crippen LogP contribution in [-0.4, -0.2) is 56.6 Å². The Hall–Kier alpha value is -2.15. The Kier molecular flexibility index (Phi) is 6.97. The summed E-state index contributed by atoms with van der Waals surface area (Å²) in [7, 11) is 0. The van der Waals surface area contributed by atoms with Gasteiger partial charge in [0.1, 0.15) is 11.5 Å². The summed E-state index contributed by atoms with van der Waals surface area (Å²) >= 11 is -1.83. The number of nitrogens with two attached hydrogens (primary N) is 2. The van der Waals surface area contributed by atoms with E-state index in [0.29, 0.717) is 0 Å². The smallest absolute Gasteiger partial charge is 0.270 e.